The summed E-state index contributed by atoms with van der Waals surface area (Å²) < 4.78 is 24.1. The maximum absolute atomic E-state index is 13.0. The first-order valence-corrected chi connectivity index (χ1v) is 9.13. The molecule has 2 atom stereocenters. The standard InChI is InChI=1S/C21H23FN2O4/c1-27-19(13-20(25)24-12-2-3-18(24)21(23)26)14-4-8-16(9-5-14)28-17-10-6-15(22)7-11-17/h4-11,18-19H,2-3,12-13H2,1H3,(H2,23,26). The van der Waals surface area contributed by atoms with E-state index in [2.05, 4.69) is 0 Å². The number of methoxy groups -OCH3 is 1. The van der Waals surface area contributed by atoms with Crippen LogP contribution >= 0.6 is 0 Å². The fraction of sp³-hybridized carbons (Fsp3) is 0.333. The second-order valence-corrected chi connectivity index (χ2v) is 6.70. The molecule has 2 N–H and O–H groups in total. The minimum absolute atomic E-state index is 0.123. The summed E-state index contributed by atoms with van der Waals surface area (Å²) >= 11 is 0. The Balaban J connectivity index is 1.64. The van der Waals surface area contributed by atoms with Crippen LogP contribution in [0.3, 0.4) is 0 Å². The molecule has 0 radical (unpaired) electrons. The number of primary amides is 1. The number of likely N-dealkylation sites (tertiary alicyclic amines) is 1. The van der Waals surface area contributed by atoms with E-state index in [0.717, 1.165) is 12.0 Å². The monoisotopic (exact) mass is 386 g/mol. The number of carbonyl (C=O) groups is 2. The highest BCUT2D eigenvalue weighted by atomic mass is 19.1. The number of carbonyl (C=O) groups excluding carboxylic acids is 2. The molecule has 1 aliphatic rings. The van der Waals surface area contributed by atoms with Crippen LogP contribution in [0.4, 0.5) is 4.39 Å². The summed E-state index contributed by atoms with van der Waals surface area (Å²) in [5.74, 6) is 0.165. The highest BCUT2D eigenvalue weighted by molar-refractivity contribution is 5.87. The molecule has 148 valence electrons. The molecule has 6 nitrogen and oxygen atoms in total. The summed E-state index contributed by atoms with van der Waals surface area (Å²) in [6, 6.07) is 12.4. The molecule has 2 amide bonds. The van der Waals surface area contributed by atoms with E-state index in [0.29, 0.717) is 24.5 Å². The molecule has 1 aliphatic heterocycles. The van der Waals surface area contributed by atoms with Gasteiger partial charge in [-0.2, -0.15) is 0 Å². The van der Waals surface area contributed by atoms with Gasteiger partial charge in [-0.3, -0.25) is 9.59 Å². The first-order chi connectivity index (χ1) is 13.5. The van der Waals surface area contributed by atoms with Crippen LogP contribution < -0.4 is 10.5 Å². The van der Waals surface area contributed by atoms with E-state index < -0.39 is 18.1 Å². The fourth-order valence-electron chi connectivity index (χ4n) is 3.36. The van der Waals surface area contributed by atoms with Crippen molar-refractivity contribution in [1.82, 2.24) is 4.90 Å². The number of halogens is 1. The van der Waals surface area contributed by atoms with Crippen molar-refractivity contribution in [1.29, 1.82) is 0 Å². The first kappa shape index (κ1) is 19.8. The van der Waals surface area contributed by atoms with Crippen LogP contribution in [-0.2, 0) is 14.3 Å². The van der Waals surface area contributed by atoms with Crippen LogP contribution in [0.25, 0.3) is 0 Å². The molecule has 28 heavy (non-hydrogen) atoms. The predicted molar refractivity (Wildman–Crippen MR) is 101 cm³/mol. The van der Waals surface area contributed by atoms with Crippen LogP contribution in [0, 0.1) is 5.82 Å². The lowest BCUT2D eigenvalue weighted by molar-refractivity contribution is -0.139. The average molecular weight is 386 g/mol. The summed E-state index contributed by atoms with van der Waals surface area (Å²) in [6.07, 6.45) is 1.06. The van der Waals surface area contributed by atoms with Crippen molar-refractivity contribution in [3.8, 4) is 11.5 Å². The second kappa shape index (κ2) is 8.84. The Labute approximate surface area is 163 Å². The molecule has 0 saturated carbocycles. The van der Waals surface area contributed by atoms with Crippen molar-refractivity contribution >= 4 is 11.8 Å². The number of benzene rings is 2. The molecule has 2 aromatic rings. The smallest absolute Gasteiger partial charge is 0.240 e. The lowest BCUT2D eigenvalue weighted by atomic mass is 10.1. The minimum Gasteiger partial charge on any atom is -0.457 e. The molecule has 0 bridgehead atoms. The molecular weight excluding hydrogens is 363 g/mol. The van der Waals surface area contributed by atoms with Crippen molar-refractivity contribution in [2.24, 2.45) is 5.73 Å². The fourth-order valence-corrected chi connectivity index (χ4v) is 3.36. The summed E-state index contributed by atoms with van der Waals surface area (Å²) in [4.78, 5) is 25.7. The minimum atomic E-state index is -0.531. The Hall–Kier alpha value is -2.93. The van der Waals surface area contributed by atoms with Gasteiger partial charge in [-0.05, 0) is 54.8 Å². The summed E-state index contributed by atoms with van der Waals surface area (Å²) in [5.41, 5.74) is 6.21. The van der Waals surface area contributed by atoms with E-state index in [4.69, 9.17) is 15.2 Å². The molecule has 0 spiro atoms. The number of nitrogens with two attached hydrogens (primary N) is 1. The van der Waals surface area contributed by atoms with E-state index in [1.54, 1.807) is 29.2 Å². The predicted octanol–water partition coefficient (Wildman–Crippen LogP) is 3.17. The molecule has 3 rings (SSSR count). The Morgan fingerprint density at radius 2 is 1.75 bits per heavy atom. The van der Waals surface area contributed by atoms with E-state index in [1.165, 1.54) is 19.2 Å². The van der Waals surface area contributed by atoms with Crippen LogP contribution in [0.5, 0.6) is 11.5 Å². The van der Waals surface area contributed by atoms with Gasteiger partial charge in [0.05, 0.1) is 12.5 Å². The number of nitrogens with zero attached hydrogens (tertiary/aromatic N) is 1. The van der Waals surface area contributed by atoms with Crippen molar-refractivity contribution < 1.29 is 23.5 Å². The summed E-state index contributed by atoms with van der Waals surface area (Å²) in [6.45, 7) is 0.535. The third-order valence-corrected chi connectivity index (χ3v) is 4.85. The molecular formula is C21H23FN2O4. The van der Waals surface area contributed by atoms with Gasteiger partial charge in [0.2, 0.25) is 11.8 Å². The lowest BCUT2D eigenvalue weighted by Gasteiger charge is -2.24. The van der Waals surface area contributed by atoms with Crippen LogP contribution in [0.1, 0.15) is 30.9 Å². The summed E-state index contributed by atoms with van der Waals surface area (Å²) in [7, 11) is 1.54. The van der Waals surface area contributed by atoms with Gasteiger partial charge in [-0.1, -0.05) is 12.1 Å². The third kappa shape index (κ3) is 4.67. The number of ether oxygens (including phenoxy) is 2. The van der Waals surface area contributed by atoms with Crippen LogP contribution in [0.2, 0.25) is 0 Å². The summed E-state index contributed by atoms with van der Waals surface area (Å²) in [5, 5.41) is 0. The molecule has 7 heteroatoms. The Morgan fingerprint density at radius 1 is 1.14 bits per heavy atom. The zero-order chi connectivity index (χ0) is 20.1. The molecule has 2 aromatic carbocycles. The van der Waals surface area contributed by atoms with Gasteiger partial charge in [0.25, 0.3) is 0 Å². The quantitative estimate of drug-likeness (QED) is 0.792. The van der Waals surface area contributed by atoms with Crippen LogP contribution in [0.15, 0.2) is 48.5 Å². The number of hydrogen-bond acceptors (Lipinski definition) is 4. The van der Waals surface area contributed by atoms with Gasteiger partial charge >= 0.3 is 0 Å². The Kier molecular flexibility index (Phi) is 6.26. The molecule has 2 unspecified atom stereocenters. The van der Waals surface area contributed by atoms with Gasteiger partial charge in [0.1, 0.15) is 23.4 Å². The van der Waals surface area contributed by atoms with Crippen LogP contribution in [-0.4, -0.2) is 36.4 Å². The lowest BCUT2D eigenvalue weighted by Crippen LogP contribution is -2.44. The molecule has 1 fully saturated rings. The topological polar surface area (TPSA) is 81.9 Å². The van der Waals surface area contributed by atoms with Gasteiger partial charge < -0.3 is 20.1 Å². The Morgan fingerprint density at radius 3 is 2.32 bits per heavy atom. The van der Waals surface area contributed by atoms with E-state index in [-0.39, 0.29) is 18.1 Å². The zero-order valence-electron chi connectivity index (χ0n) is 15.6. The normalized spacial score (nSPS) is 17.4. The SMILES string of the molecule is COC(CC(=O)N1CCCC1C(N)=O)c1ccc(Oc2ccc(F)cc2)cc1. The number of rotatable bonds is 7. The van der Waals surface area contributed by atoms with Gasteiger partial charge in [-0.15, -0.1) is 0 Å². The van der Waals surface area contributed by atoms with Gasteiger partial charge in [-0.25, -0.2) is 4.39 Å². The van der Waals surface area contributed by atoms with Crippen molar-refractivity contribution in [3.63, 3.8) is 0 Å². The highest BCUT2D eigenvalue weighted by Gasteiger charge is 2.33. The van der Waals surface area contributed by atoms with Crippen molar-refractivity contribution in [2.45, 2.75) is 31.4 Å². The number of hydrogen-bond donors (Lipinski definition) is 1. The van der Waals surface area contributed by atoms with Crippen molar-refractivity contribution in [3.05, 3.63) is 59.9 Å². The molecule has 1 saturated heterocycles. The molecule has 1 heterocycles. The number of amides is 2. The first-order valence-electron chi connectivity index (χ1n) is 9.13. The highest BCUT2D eigenvalue weighted by Crippen LogP contribution is 2.28. The van der Waals surface area contributed by atoms with E-state index >= 15 is 0 Å². The molecule has 0 aliphatic carbocycles. The Bertz CT molecular complexity index is 823. The largest absolute Gasteiger partial charge is 0.457 e. The van der Waals surface area contributed by atoms with Gasteiger partial charge in [0.15, 0.2) is 0 Å². The second-order valence-electron chi connectivity index (χ2n) is 6.70. The third-order valence-electron chi connectivity index (χ3n) is 4.85. The maximum atomic E-state index is 13.0. The van der Waals surface area contributed by atoms with Crippen molar-refractivity contribution in [2.75, 3.05) is 13.7 Å². The molecule has 0 aromatic heterocycles. The zero-order valence-corrected chi connectivity index (χ0v) is 15.6. The van der Waals surface area contributed by atoms with E-state index in [9.17, 15) is 14.0 Å². The average Bonchev–Trinajstić information content (AvgIpc) is 3.19. The van der Waals surface area contributed by atoms with Gasteiger partial charge in [0, 0.05) is 13.7 Å². The van der Waals surface area contributed by atoms with E-state index in [1.807, 2.05) is 12.1 Å². The maximum Gasteiger partial charge on any atom is 0.240 e.